The Morgan fingerprint density at radius 1 is 1.22 bits per heavy atom. The first-order valence-electron chi connectivity index (χ1n) is 9.15. The highest BCUT2D eigenvalue weighted by atomic mass is 16.2. The van der Waals surface area contributed by atoms with Gasteiger partial charge in [-0.2, -0.15) is 0 Å². The van der Waals surface area contributed by atoms with E-state index in [1.165, 1.54) is 0 Å². The molecule has 1 aromatic heterocycles. The number of nitrogens with zero attached hydrogens (tertiary/aromatic N) is 5. The van der Waals surface area contributed by atoms with Crippen molar-refractivity contribution in [2.45, 2.75) is 64.5 Å². The van der Waals surface area contributed by atoms with Crippen molar-refractivity contribution in [3.05, 3.63) is 12.2 Å². The van der Waals surface area contributed by atoms with Gasteiger partial charge in [0.25, 0.3) is 0 Å². The van der Waals surface area contributed by atoms with E-state index in [2.05, 4.69) is 38.4 Å². The van der Waals surface area contributed by atoms with Gasteiger partial charge in [0.15, 0.2) is 0 Å². The highest BCUT2D eigenvalue weighted by Gasteiger charge is 2.35. The fourth-order valence-corrected chi connectivity index (χ4v) is 4.05. The van der Waals surface area contributed by atoms with Crippen LogP contribution in [0, 0.1) is 0 Å². The fraction of sp³-hybridized carbons (Fsp3) is 0.824. The number of aryl methyl sites for hydroxylation is 1. The molecule has 0 unspecified atom stereocenters. The van der Waals surface area contributed by atoms with Crippen molar-refractivity contribution in [2.75, 3.05) is 26.2 Å². The number of aromatic nitrogens is 3. The van der Waals surface area contributed by atoms with Crippen molar-refractivity contribution in [1.29, 1.82) is 0 Å². The second kappa shape index (κ2) is 7.43. The molecule has 0 spiro atoms. The number of hydrogen-bond donors (Lipinski definition) is 0. The molecular formula is C17H29N5O. The van der Waals surface area contributed by atoms with E-state index in [1.54, 1.807) is 0 Å². The molecule has 2 aliphatic rings. The van der Waals surface area contributed by atoms with Crippen LogP contribution in [-0.2, 0) is 11.3 Å². The number of hydrogen-bond acceptors (Lipinski definition) is 4. The zero-order valence-electron chi connectivity index (χ0n) is 14.4. The van der Waals surface area contributed by atoms with Crippen LogP contribution >= 0.6 is 0 Å². The van der Waals surface area contributed by atoms with Crippen LogP contribution in [0.15, 0.2) is 6.33 Å². The molecule has 128 valence electrons. The van der Waals surface area contributed by atoms with Crippen LogP contribution in [0.3, 0.4) is 0 Å². The lowest BCUT2D eigenvalue weighted by Gasteiger charge is -2.35. The Labute approximate surface area is 138 Å². The molecule has 0 bridgehead atoms. The van der Waals surface area contributed by atoms with Gasteiger partial charge in [0.2, 0.25) is 5.91 Å². The second-order valence-electron chi connectivity index (χ2n) is 6.77. The lowest BCUT2D eigenvalue weighted by atomic mass is 9.95. The Bertz CT molecular complexity index is 521. The number of amides is 1. The maximum absolute atomic E-state index is 12.9. The second-order valence-corrected chi connectivity index (χ2v) is 6.77. The third-order valence-corrected chi connectivity index (χ3v) is 5.32. The van der Waals surface area contributed by atoms with Crippen LogP contribution in [0.25, 0.3) is 0 Å². The van der Waals surface area contributed by atoms with Crippen molar-refractivity contribution in [3.8, 4) is 0 Å². The van der Waals surface area contributed by atoms with Crippen LogP contribution in [-0.4, -0.2) is 62.7 Å². The molecule has 3 rings (SSSR count). The maximum Gasteiger partial charge on any atom is 0.239 e. The first kappa shape index (κ1) is 16.4. The summed E-state index contributed by atoms with van der Waals surface area (Å²) in [4.78, 5) is 17.3. The van der Waals surface area contributed by atoms with Gasteiger partial charge in [-0.15, -0.1) is 10.2 Å². The van der Waals surface area contributed by atoms with E-state index in [4.69, 9.17) is 0 Å². The SMILES string of the molecule is CCCN1CCC[C@H]1C(=O)N1CCC(c2nncn2CC)CC1. The number of rotatable bonds is 5. The van der Waals surface area contributed by atoms with Crippen LogP contribution in [0.2, 0.25) is 0 Å². The van der Waals surface area contributed by atoms with Gasteiger partial charge in [0, 0.05) is 25.6 Å². The zero-order chi connectivity index (χ0) is 16.2. The van der Waals surface area contributed by atoms with Crippen LogP contribution < -0.4 is 0 Å². The summed E-state index contributed by atoms with van der Waals surface area (Å²) in [6, 6.07) is 0.130. The Morgan fingerprint density at radius 3 is 2.70 bits per heavy atom. The summed E-state index contributed by atoms with van der Waals surface area (Å²) in [6.07, 6.45) is 7.14. The molecule has 0 radical (unpaired) electrons. The largest absolute Gasteiger partial charge is 0.341 e. The minimum Gasteiger partial charge on any atom is -0.341 e. The van der Waals surface area contributed by atoms with Crippen LogP contribution in [0.4, 0.5) is 0 Å². The molecule has 3 heterocycles. The number of carbonyl (C=O) groups is 1. The van der Waals surface area contributed by atoms with Crippen LogP contribution in [0.1, 0.15) is 57.7 Å². The van der Waals surface area contributed by atoms with Crippen molar-refractivity contribution in [3.63, 3.8) is 0 Å². The molecule has 2 fully saturated rings. The van der Waals surface area contributed by atoms with E-state index in [0.29, 0.717) is 11.8 Å². The van der Waals surface area contributed by atoms with Gasteiger partial charge in [-0.25, -0.2) is 0 Å². The van der Waals surface area contributed by atoms with Crippen molar-refractivity contribution >= 4 is 5.91 Å². The Morgan fingerprint density at radius 2 is 2.00 bits per heavy atom. The van der Waals surface area contributed by atoms with Crippen molar-refractivity contribution < 1.29 is 4.79 Å². The lowest BCUT2D eigenvalue weighted by Crippen LogP contribution is -2.48. The smallest absolute Gasteiger partial charge is 0.239 e. The molecule has 0 aromatic carbocycles. The molecule has 0 saturated carbocycles. The molecule has 2 saturated heterocycles. The summed E-state index contributed by atoms with van der Waals surface area (Å²) < 4.78 is 2.13. The monoisotopic (exact) mass is 319 g/mol. The quantitative estimate of drug-likeness (QED) is 0.831. The van der Waals surface area contributed by atoms with Gasteiger partial charge in [0.05, 0.1) is 6.04 Å². The van der Waals surface area contributed by atoms with Gasteiger partial charge < -0.3 is 9.47 Å². The average Bonchev–Trinajstić information content (AvgIpc) is 3.23. The molecule has 1 atom stereocenters. The summed E-state index contributed by atoms with van der Waals surface area (Å²) in [6.45, 7) is 9.07. The lowest BCUT2D eigenvalue weighted by molar-refractivity contribution is -0.137. The van der Waals surface area contributed by atoms with Gasteiger partial charge in [-0.3, -0.25) is 9.69 Å². The summed E-state index contributed by atoms with van der Waals surface area (Å²) in [7, 11) is 0. The minimum absolute atomic E-state index is 0.130. The van der Waals surface area contributed by atoms with Gasteiger partial charge in [-0.05, 0) is 52.1 Å². The normalized spacial score (nSPS) is 23.6. The van der Waals surface area contributed by atoms with E-state index >= 15 is 0 Å². The predicted octanol–water partition coefficient (Wildman–Crippen LogP) is 1.88. The van der Waals surface area contributed by atoms with Gasteiger partial charge in [-0.1, -0.05) is 6.92 Å². The third-order valence-electron chi connectivity index (χ3n) is 5.32. The van der Waals surface area contributed by atoms with E-state index in [-0.39, 0.29) is 6.04 Å². The Hall–Kier alpha value is -1.43. The first-order chi connectivity index (χ1) is 11.2. The van der Waals surface area contributed by atoms with Crippen molar-refractivity contribution in [1.82, 2.24) is 24.6 Å². The molecule has 0 aliphatic carbocycles. The third kappa shape index (κ3) is 3.42. The molecule has 6 heteroatoms. The molecule has 23 heavy (non-hydrogen) atoms. The highest BCUT2D eigenvalue weighted by molar-refractivity contribution is 5.82. The summed E-state index contributed by atoms with van der Waals surface area (Å²) in [5, 5.41) is 8.34. The first-order valence-corrected chi connectivity index (χ1v) is 9.15. The van der Waals surface area contributed by atoms with Crippen molar-refractivity contribution in [2.24, 2.45) is 0 Å². The highest BCUT2D eigenvalue weighted by Crippen LogP contribution is 2.28. The Kier molecular flexibility index (Phi) is 5.30. The number of likely N-dealkylation sites (tertiary alicyclic amines) is 2. The van der Waals surface area contributed by atoms with E-state index < -0.39 is 0 Å². The molecule has 2 aliphatic heterocycles. The fourth-order valence-electron chi connectivity index (χ4n) is 4.05. The maximum atomic E-state index is 12.9. The van der Waals surface area contributed by atoms with Gasteiger partial charge >= 0.3 is 0 Å². The average molecular weight is 319 g/mol. The molecule has 0 N–H and O–H groups in total. The van der Waals surface area contributed by atoms with E-state index in [1.807, 2.05) is 6.33 Å². The summed E-state index contributed by atoms with van der Waals surface area (Å²) in [5.41, 5.74) is 0. The Balaban J connectivity index is 1.57. The van der Waals surface area contributed by atoms with Crippen LogP contribution in [0.5, 0.6) is 0 Å². The van der Waals surface area contributed by atoms with Gasteiger partial charge in [0.1, 0.15) is 12.2 Å². The molecule has 6 nitrogen and oxygen atoms in total. The topological polar surface area (TPSA) is 54.3 Å². The van der Waals surface area contributed by atoms with E-state index in [0.717, 1.165) is 70.7 Å². The standard InChI is InChI=1S/C17H29N5O/c1-3-9-21-10-5-6-15(21)17(23)22-11-7-14(8-12-22)16-19-18-13-20(16)4-2/h13-15H,3-12H2,1-2H3/t15-/m0/s1. The zero-order valence-corrected chi connectivity index (χ0v) is 14.4. The number of carbonyl (C=O) groups excluding carboxylic acids is 1. The van der Waals surface area contributed by atoms with E-state index in [9.17, 15) is 4.79 Å². The minimum atomic E-state index is 0.130. The molecule has 1 amide bonds. The summed E-state index contributed by atoms with van der Waals surface area (Å²) >= 11 is 0. The summed E-state index contributed by atoms with van der Waals surface area (Å²) in [5.74, 6) is 1.89. The molecule has 1 aromatic rings. The predicted molar refractivity (Wildman–Crippen MR) is 89.1 cm³/mol. The number of piperidine rings is 1. The molecular weight excluding hydrogens is 290 g/mol.